The van der Waals surface area contributed by atoms with E-state index in [0.717, 1.165) is 63.1 Å². The molecule has 10 nitrogen and oxygen atoms in total. The molecule has 6 rings (SSSR count). The lowest BCUT2D eigenvalue weighted by Crippen LogP contribution is -2.38. The number of carbonyl (C=O) groups excluding carboxylic acids is 2. The first-order chi connectivity index (χ1) is 20.8. The van der Waals surface area contributed by atoms with Crippen molar-refractivity contribution >= 4 is 62.0 Å². The summed E-state index contributed by atoms with van der Waals surface area (Å²) in [5, 5.41) is 22.2. The zero-order valence-corrected chi connectivity index (χ0v) is 24.9. The van der Waals surface area contributed by atoms with Crippen molar-refractivity contribution < 1.29 is 32.7 Å². The van der Waals surface area contributed by atoms with Gasteiger partial charge in [0.15, 0.2) is 0 Å². The Hall–Kier alpha value is -4.19. The van der Waals surface area contributed by atoms with Crippen molar-refractivity contribution in [3.8, 4) is 17.2 Å². The summed E-state index contributed by atoms with van der Waals surface area (Å²) in [4.78, 5) is 41.8. The largest absolute Gasteiger partial charge is 0.490 e. The van der Waals surface area contributed by atoms with E-state index in [-0.39, 0.29) is 25.0 Å². The van der Waals surface area contributed by atoms with Crippen molar-refractivity contribution in [2.45, 2.75) is 32.1 Å². The molecule has 0 bridgehead atoms. The van der Waals surface area contributed by atoms with Crippen LogP contribution in [0.25, 0.3) is 32.2 Å². The van der Waals surface area contributed by atoms with E-state index >= 15 is 0 Å². The lowest BCUT2D eigenvalue weighted by molar-refractivity contribution is -0.192. The molecule has 0 aliphatic carbocycles. The van der Waals surface area contributed by atoms with Crippen LogP contribution >= 0.6 is 22.9 Å². The van der Waals surface area contributed by atoms with Gasteiger partial charge >= 0.3 is 18.2 Å². The van der Waals surface area contributed by atoms with Crippen molar-refractivity contribution in [1.82, 2.24) is 24.7 Å². The molecule has 0 spiro atoms. The summed E-state index contributed by atoms with van der Waals surface area (Å²) in [7, 11) is 1.63. The molecule has 3 amide bonds. The maximum atomic E-state index is 12.4. The van der Waals surface area contributed by atoms with Crippen LogP contribution in [0.5, 0.6) is 0 Å². The van der Waals surface area contributed by atoms with Gasteiger partial charge in [-0.2, -0.15) is 18.4 Å². The summed E-state index contributed by atoms with van der Waals surface area (Å²) >= 11 is 8.11. The highest BCUT2D eigenvalue weighted by atomic mass is 35.5. The highest BCUT2D eigenvalue weighted by molar-refractivity contribution is 7.19. The van der Waals surface area contributed by atoms with Gasteiger partial charge in [0.05, 0.1) is 33.8 Å². The van der Waals surface area contributed by atoms with Gasteiger partial charge in [0, 0.05) is 52.4 Å². The zero-order chi connectivity index (χ0) is 31.8. The summed E-state index contributed by atoms with van der Waals surface area (Å²) in [6.07, 6.45) is 0.356. The van der Waals surface area contributed by atoms with Gasteiger partial charge in [-0.3, -0.25) is 14.7 Å². The highest BCUT2D eigenvalue weighted by Crippen LogP contribution is 2.41. The number of piperidine rings is 1. The standard InChI is InChI=1S/C27H25ClN6O2S.C2HF3O2/c1-32-14-23(35)34(26(32)36)13-19-12-22-25(37-19)20(2-6-31-22)21-11-18(28)10-17-3-9-33(24(17)21)16-27(15-29)4-7-30-8-5-27;3-2(4,5)1(6)7/h2-3,6,9-12,30H,4-5,7-8,13-14,16H2,1H3;(H,6,7). The minimum atomic E-state index is -5.08. The second-order valence-corrected chi connectivity index (χ2v) is 12.3. The molecule has 1 aromatic carbocycles. The fourth-order valence-corrected chi connectivity index (χ4v) is 6.80. The van der Waals surface area contributed by atoms with Crippen LogP contribution in [0, 0.1) is 16.7 Å². The number of halogens is 4. The number of nitrogens with one attached hydrogen (secondary N) is 1. The molecule has 5 heterocycles. The Kier molecular flexibility index (Phi) is 8.57. The van der Waals surface area contributed by atoms with E-state index in [4.69, 9.17) is 21.5 Å². The van der Waals surface area contributed by atoms with Crippen LogP contribution in [0.4, 0.5) is 18.0 Å². The van der Waals surface area contributed by atoms with Gasteiger partial charge in [-0.25, -0.2) is 9.59 Å². The number of carboxylic acid groups (broad SMARTS) is 1. The molecule has 44 heavy (non-hydrogen) atoms. The van der Waals surface area contributed by atoms with Gasteiger partial charge in [0.2, 0.25) is 0 Å². The summed E-state index contributed by atoms with van der Waals surface area (Å²) in [6.45, 7) is 2.62. The fourth-order valence-electron chi connectivity index (χ4n) is 5.44. The normalized spacial score (nSPS) is 16.7. The summed E-state index contributed by atoms with van der Waals surface area (Å²) in [5.74, 6) is -2.95. The van der Waals surface area contributed by atoms with E-state index in [2.05, 4.69) is 27.0 Å². The van der Waals surface area contributed by atoms with Crippen LogP contribution in [-0.4, -0.2) is 75.2 Å². The Morgan fingerprint density at radius 2 is 1.91 bits per heavy atom. The number of benzene rings is 1. The van der Waals surface area contributed by atoms with E-state index in [9.17, 15) is 28.0 Å². The molecule has 2 saturated heterocycles. The lowest BCUT2D eigenvalue weighted by atomic mass is 9.80. The number of aromatic nitrogens is 2. The van der Waals surface area contributed by atoms with Gasteiger partial charge in [0.1, 0.15) is 6.54 Å². The van der Waals surface area contributed by atoms with Crippen LogP contribution in [0.3, 0.4) is 0 Å². The number of imide groups is 1. The maximum Gasteiger partial charge on any atom is 0.490 e. The molecule has 0 unspecified atom stereocenters. The SMILES string of the molecule is CN1CC(=O)N(Cc2cc3nccc(-c4cc(Cl)cc5ccn(CC6(C#N)CCNCC6)c45)c3s2)C1=O.O=C(O)C(F)(F)F. The van der Waals surface area contributed by atoms with E-state index in [0.29, 0.717) is 11.6 Å². The number of nitriles is 1. The number of likely N-dealkylation sites (N-methyl/N-ethyl adjacent to an activating group) is 1. The number of hydrogen-bond acceptors (Lipinski definition) is 7. The first-order valence-electron chi connectivity index (χ1n) is 13.5. The summed E-state index contributed by atoms with van der Waals surface area (Å²) in [6, 6.07) is 12.2. The molecule has 0 atom stereocenters. The van der Waals surface area contributed by atoms with E-state index in [1.807, 2.05) is 30.5 Å². The third-order valence-electron chi connectivity index (χ3n) is 7.64. The fraction of sp³-hybridized carbons (Fsp3) is 0.345. The molecule has 3 aromatic heterocycles. The minimum Gasteiger partial charge on any atom is -0.475 e. The Morgan fingerprint density at radius 3 is 2.52 bits per heavy atom. The average Bonchev–Trinajstić information content (AvgIpc) is 3.64. The number of carboxylic acids is 1. The predicted octanol–water partition coefficient (Wildman–Crippen LogP) is 5.49. The average molecular weight is 647 g/mol. The van der Waals surface area contributed by atoms with Crippen LogP contribution < -0.4 is 5.32 Å². The molecule has 2 N–H and O–H groups in total. The topological polar surface area (TPSA) is 132 Å². The minimum absolute atomic E-state index is 0.102. The third-order valence-corrected chi connectivity index (χ3v) is 9.00. The van der Waals surface area contributed by atoms with Crippen LogP contribution in [0.15, 0.2) is 42.7 Å². The number of thiophene rings is 1. The number of alkyl halides is 3. The van der Waals surface area contributed by atoms with E-state index in [1.165, 1.54) is 21.1 Å². The Morgan fingerprint density at radius 1 is 1.20 bits per heavy atom. The number of fused-ring (bicyclic) bond motifs is 2. The smallest absolute Gasteiger partial charge is 0.475 e. The number of pyridine rings is 1. The first-order valence-corrected chi connectivity index (χ1v) is 14.6. The van der Waals surface area contributed by atoms with Crippen LogP contribution in [0.2, 0.25) is 5.02 Å². The molecule has 4 aromatic rings. The Balaban J connectivity index is 0.000000493. The second kappa shape index (κ2) is 12.1. The highest BCUT2D eigenvalue weighted by Gasteiger charge is 2.38. The molecule has 15 heteroatoms. The quantitative estimate of drug-likeness (QED) is 0.274. The number of urea groups is 1. The van der Waals surface area contributed by atoms with Crippen molar-refractivity contribution in [3.63, 3.8) is 0 Å². The van der Waals surface area contributed by atoms with E-state index < -0.39 is 17.6 Å². The summed E-state index contributed by atoms with van der Waals surface area (Å²) < 4.78 is 34.9. The van der Waals surface area contributed by atoms with Crippen molar-refractivity contribution in [2.75, 3.05) is 26.7 Å². The number of carbonyl (C=O) groups is 3. The van der Waals surface area contributed by atoms with Gasteiger partial charge in [-0.05, 0) is 56.3 Å². The molecule has 2 fully saturated rings. The van der Waals surface area contributed by atoms with Crippen molar-refractivity contribution in [1.29, 1.82) is 5.26 Å². The molecule has 2 aliphatic heterocycles. The monoisotopic (exact) mass is 646 g/mol. The van der Waals surface area contributed by atoms with Gasteiger partial charge in [-0.1, -0.05) is 11.6 Å². The molecule has 2 aliphatic rings. The lowest BCUT2D eigenvalue weighted by Gasteiger charge is -2.32. The zero-order valence-electron chi connectivity index (χ0n) is 23.3. The first kappa shape index (κ1) is 31.2. The molecule has 230 valence electrons. The van der Waals surface area contributed by atoms with Crippen molar-refractivity contribution in [2.24, 2.45) is 5.41 Å². The molecule has 0 radical (unpaired) electrons. The van der Waals surface area contributed by atoms with Crippen molar-refractivity contribution in [3.05, 3.63) is 52.6 Å². The third kappa shape index (κ3) is 6.21. The van der Waals surface area contributed by atoms with Gasteiger partial charge in [0.25, 0.3) is 5.91 Å². The number of amides is 3. The molecular formula is C29H26ClF3N6O4S. The number of nitrogens with zero attached hydrogens (tertiary/aromatic N) is 5. The van der Waals surface area contributed by atoms with Crippen LogP contribution in [-0.2, 0) is 22.7 Å². The number of rotatable bonds is 5. The number of hydrogen-bond donors (Lipinski definition) is 2. The van der Waals surface area contributed by atoms with Gasteiger partial charge < -0.3 is 19.9 Å². The van der Waals surface area contributed by atoms with E-state index in [1.54, 1.807) is 13.2 Å². The van der Waals surface area contributed by atoms with Crippen LogP contribution in [0.1, 0.15) is 17.7 Å². The number of aliphatic carboxylic acids is 1. The maximum absolute atomic E-state index is 12.4. The Bertz CT molecular complexity index is 1810. The van der Waals surface area contributed by atoms with Gasteiger partial charge in [-0.15, -0.1) is 11.3 Å². The second-order valence-electron chi connectivity index (χ2n) is 10.7. The Labute approximate surface area is 258 Å². The molecular weight excluding hydrogens is 621 g/mol. The molecule has 0 saturated carbocycles. The summed E-state index contributed by atoms with van der Waals surface area (Å²) in [5.41, 5.74) is 3.39. The predicted molar refractivity (Wildman–Crippen MR) is 158 cm³/mol.